The van der Waals surface area contributed by atoms with Crippen LogP contribution in [0.3, 0.4) is 0 Å². The van der Waals surface area contributed by atoms with Crippen LogP contribution in [0.5, 0.6) is 0 Å². The second-order valence-electron chi connectivity index (χ2n) is 7.49. The van der Waals surface area contributed by atoms with Crippen molar-refractivity contribution in [2.75, 3.05) is 18.4 Å². The molecule has 2 aromatic rings. The van der Waals surface area contributed by atoms with Gasteiger partial charge < -0.3 is 5.32 Å². The lowest BCUT2D eigenvalue weighted by molar-refractivity contribution is 0.246. The highest BCUT2D eigenvalue weighted by molar-refractivity contribution is 6.30. The van der Waals surface area contributed by atoms with E-state index in [9.17, 15) is 4.79 Å². The molecule has 1 aliphatic heterocycles. The van der Waals surface area contributed by atoms with E-state index in [0.29, 0.717) is 10.7 Å². The third-order valence-corrected chi connectivity index (χ3v) is 4.83. The molecule has 25 heavy (non-hydrogen) atoms. The molecular formula is C19H25ClN4O. The molecule has 6 heteroatoms. The second kappa shape index (κ2) is 6.81. The fourth-order valence-electron chi connectivity index (χ4n) is 3.23. The van der Waals surface area contributed by atoms with Gasteiger partial charge in [0.1, 0.15) is 0 Å². The number of rotatable bonds is 2. The number of halogens is 1. The van der Waals surface area contributed by atoms with Gasteiger partial charge in [0, 0.05) is 41.2 Å². The van der Waals surface area contributed by atoms with Crippen LogP contribution in [0.25, 0.3) is 0 Å². The predicted octanol–water partition coefficient (Wildman–Crippen LogP) is 4.29. The van der Waals surface area contributed by atoms with E-state index >= 15 is 0 Å². The average molecular weight is 361 g/mol. The van der Waals surface area contributed by atoms with Gasteiger partial charge in [0.05, 0.1) is 11.4 Å². The summed E-state index contributed by atoms with van der Waals surface area (Å²) in [6.45, 7) is 11.4. The number of nitrogens with one attached hydrogen (secondary N) is 1. The number of hydrogen-bond donors (Lipinski definition) is 1. The molecule has 0 unspecified atom stereocenters. The quantitative estimate of drug-likeness (QED) is 0.869. The Morgan fingerprint density at radius 1 is 1.28 bits per heavy atom. The van der Waals surface area contributed by atoms with E-state index in [1.54, 1.807) is 28.9 Å². The fraction of sp³-hybridized carbons (Fsp3) is 0.474. The minimum absolute atomic E-state index is 0.105. The Labute approximate surface area is 154 Å². The van der Waals surface area contributed by atoms with Gasteiger partial charge >= 0.3 is 6.03 Å². The van der Waals surface area contributed by atoms with Crippen molar-refractivity contribution in [3.63, 3.8) is 0 Å². The molecular weight excluding hydrogens is 336 g/mol. The van der Waals surface area contributed by atoms with Crippen LogP contribution in [0.4, 0.5) is 10.5 Å². The second-order valence-corrected chi connectivity index (χ2v) is 7.93. The van der Waals surface area contributed by atoms with Crippen molar-refractivity contribution in [3.05, 3.63) is 46.2 Å². The largest absolute Gasteiger partial charge is 0.346 e. The molecule has 2 heterocycles. The molecule has 0 saturated carbocycles. The van der Waals surface area contributed by atoms with E-state index in [4.69, 9.17) is 16.7 Å². The Morgan fingerprint density at radius 2 is 1.96 bits per heavy atom. The molecule has 1 N–H and O–H groups in total. The van der Waals surface area contributed by atoms with Crippen LogP contribution in [0.15, 0.2) is 24.3 Å². The van der Waals surface area contributed by atoms with E-state index in [1.807, 2.05) is 0 Å². The van der Waals surface area contributed by atoms with Crippen molar-refractivity contribution in [1.29, 1.82) is 0 Å². The molecule has 5 nitrogen and oxygen atoms in total. The van der Waals surface area contributed by atoms with Crippen molar-refractivity contribution in [3.8, 4) is 0 Å². The number of anilines is 1. The third-order valence-electron chi connectivity index (χ3n) is 4.58. The van der Waals surface area contributed by atoms with Crippen molar-refractivity contribution < 1.29 is 4.79 Å². The summed E-state index contributed by atoms with van der Waals surface area (Å²) in [5.74, 6) is 0. The van der Waals surface area contributed by atoms with E-state index in [1.165, 1.54) is 5.56 Å². The van der Waals surface area contributed by atoms with Crippen LogP contribution >= 0.6 is 11.6 Å². The van der Waals surface area contributed by atoms with E-state index < -0.39 is 0 Å². The van der Waals surface area contributed by atoms with Crippen LogP contribution in [-0.4, -0.2) is 33.8 Å². The van der Waals surface area contributed by atoms with Gasteiger partial charge in [0.15, 0.2) is 0 Å². The van der Waals surface area contributed by atoms with Gasteiger partial charge in [-0.3, -0.25) is 4.90 Å². The lowest BCUT2D eigenvalue weighted by Crippen LogP contribution is -2.33. The zero-order valence-corrected chi connectivity index (χ0v) is 16.0. The van der Waals surface area contributed by atoms with E-state index in [0.717, 1.165) is 37.4 Å². The first-order chi connectivity index (χ1) is 11.8. The summed E-state index contributed by atoms with van der Waals surface area (Å²) in [6, 6.07) is 6.88. The Bertz CT molecular complexity index is 774. The zero-order chi connectivity index (χ0) is 18.2. The Hall–Kier alpha value is -1.85. The van der Waals surface area contributed by atoms with Crippen LogP contribution in [-0.2, 0) is 18.4 Å². The number of fused-ring (bicyclic) bond motifs is 1. The molecule has 1 amide bonds. The minimum atomic E-state index is -0.223. The number of amides is 1. The van der Waals surface area contributed by atoms with Crippen molar-refractivity contribution in [2.45, 2.75) is 46.1 Å². The van der Waals surface area contributed by atoms with E-state index in [-0.39, 0.29) is 11.4 Å². The smallest absolute Gasteiger partial charge is 0.306 e. The number of hydrogen-bond acceptors (Lipinski definition) is 3. The highest BCUT2D eigenvalue weighted by Gasteiger charge is 2.31. The minimum Gasteiger partial charge on any atom is -0.306 e. The molecule has 0 aliphatic carbocycles. The van der Waals surface area contributed by atoms with Crippen LogP contribution in [0.1, 0.15) is 44.6 Å². The SMILES string of the molecule is CCN1CCc2c(c(C(C)(C)C)nn2C(=O)Nc2ccc(Cl)cc2)C1. The van der Waals surface area contributed by atoms with Gasteiger partial charge in [-0.25, -0.2) is 4.79 Å². The molecule has 134 valence electrons. The molecule has 0 spiro atoms. The first-order valence-electron chi connectivity index (χ1n) is 8.70. The van der Waals surface area contributed by atoms with Gasteiger partial charge in [0.25, 0.3) is 0 Å². The standard InChI is InChI=1S/C19H25ClN4O/c1-5-23-11-10-16-15(12-23)17(19(2,3)4)22-24(16)18(25)21-14-8-6-13(20)7-9-14/h6-9H,5,10-12H2,1-4H3,(H,21,25). The van der Waals surface area contributed by atoms with Gasteiger partial charge in [-0.1, -0.05) is 39.3 Å². The summed E-state index contributed by atoms with van der Waals surface area (Å²) >= 11 is 5.91. The molecule has 0 atom stereocenters. The number of carbonyl (C=O) groups is 1. The zero-order valence-electron chi connectivity index (χ0n) is 15.3. The molecule has 0 saturated heterocycles. The molecule has 1 aliphatic rings. The molecule has 1 aromatic heterocycles. The monoisotopic (exact) mass is 360 g/mol. The third kappa shape index (κ3) is 3.72. The van der Waals surface area contributed by atoms with Gasteiger partial charge in [-0.15, -0.1) is 0 Å². The number of carbonyl (C=O) groups excluding carboxylic acids is 1. The summed E-state index contributed by atoms with van der Waals surface area (Å²) in [7, 11) is 0. The van der Waals surface area contributed by atoms with Crippen LogP contribution in [0, 0.1) is 0 Å². The number of nitrogens with zero attached hydrogens (tertiary/aromatic N) is 3. The topological polar surface area (TPSA) is 50.2 Å². The van der Waals surface area contributed by atoms with Crippen LogP contribution < -0.4 is 5.32 Å². The van der Waals surface area contributed by atoms with Crippen molar-refractivity contribution in [2.24, 2.45) is 0 Å². The summed E-state index contributed by atoms with van der Waals surface area (Å²) in [4.78, 5) is 15.2. The first kappa shape index (κ1) is 18.0. The summed E-state index contributed by atoms with van der Waals surface area (Å²) in [5.41, 5.74) is 3.84. The summed E-state index contributed by atoms with van der Waals surface area (Å²) in [5, 5.41) is 8.25. The highest BCUT2D eigenvalue weighted by Crippen LogP contribution is 2.31. The Balaban J connectivity index is 1.95. The summed E-state index contributed by atoms with van der Waals surface area (Å²) in [6.07, 6.45) is 0.834. The summed E-state index contributed by atoms with van der Waals surface area (Å²) < 4.78 is 1.55. The van der Waals surface area contributed by atoms with Gasteiger partial charge in [-0.05, 0) is 30.8 Å². The Morgan fingerprint density at radius 3 is 2.56 bits per heavy atom. The number of benzene rings is 1. The number of likely N-dealkylation sites (N-methyl/N-ethyl adjacent to an activating group) is 1. The van der Waals surface area contributed by atoms with Gasteiger partial charge in [-0.2, -0.15) is 9.78 Å². The molecule has 3 rings (SSSR count). The first-order valence-corrected chi connectivity index (χ1v) is 9.08. The lowest BCUT2D eigenvalue weighted by Gasteiger charge is -2.28. The lowest BCUT2D eigenvalue weighted by atomic mass is 9.87. The predicted molar refractivity (Wildman–Crippen MR) is 101 cm³/mol. The fourth-order valence-corrected chi connectivity index (χ4v) is 3.35. The Kier molecular flexibility index (Phi) is 4.89. The van der Waals surface area contributed by atoms with Crippen molar-refractivity contribution in [1.82, 2.24) is 14.7 Å². The maximum absolute atomic E-state index is 12.8. The average Bonchev–Trinajstić information content (AvgIpc) is 2.96. The maximum Gasteiger partial charge on any atom is 0.346 e. The van der Waals surface area contributed by atoms with Crippen molar-refractivity contribution >= 4 is 23.3 Å². The normalized spacial score (nSPS) is 15.1. The van der Waals surface area contributed by atoms with Crippen LogP contribution in [0.2, 0.25) is 5.02 Å². The maximum atomic E-state index is 12.8. The molecule has 1 aromatic carbocycles. The highest BCUT2D eigenvalue weighted by atomic mass is 35.5. The number of aromatic nitrogens is 2. The molecule has 0 fully saturated rings. The molecule has 0 radical (unpaired) electrons. The van der Waals surface area contributed by atoms with E-state index in [2.05, 4.69) is 37.9 Å². The van der Waals surface area contributed by atoms with Gasteiger partial charge in [0.2, 0.25) is 0 Å². The molecule has 0 bridgehead atoms.